The highest BCUT2D eigenvalue weighted by atomic mass is 16.3. The fourth-order valence-corrected chi connectivity index (χ4v) is 12.7. The lowest BCUT2D eigenvalue weighted by molar-refractivity contribution is 0.295. The Hall–Kier alpha value is -6.50. The van der Waals surface area contributed by atoms with Gasteiger partial charge < -0.3 is 30.8 Å². The van der Waals surface area contributed by atoms with Crippen LogP contribution < -0.4 is 5.32 Å². The standard InChI is InChI=1S/C88H125NO5/c1-53(79(2,3)4)34-55(43-64(52-90)80(5,6)7)39-62-40-56(36-58-46-67(83(14,15)16)76(92)68(47-58)84(17,18)19)41-63(42-60-50-71(87(26,27)28)78(94)72(51-60)88(29,30)31)74(62)89-73-33-32-54(35-57-44-65(81(8,9)10)75(91)66(45-57)82(11,12)13)37-61(73)38-59-48-69(85(20,21)22)77(93)70(49-59)86(23,24)25/h32-34,37,40-41,43-51,89-94H,1,35-36,38-39,42,52H2,2-31H3/b55-34-,64-43+. The fourth-order valence-electron chi connectivity index (χ4n) is 12.7. The van der Waals surface area contributed by atoms with E-state index >= 15 is 0 Å². The number of benzene rings is 6. The van der Waals surface area contributed by atoms with Gasteiger partial charge >= 0.3 is 0 Å². The van der Waals surface area contributed by atoms with Crippen molar-refractivity contribution in [2.24, 2.45) is 10.8 Å². The molecular formula is C88H125NO5. The predicted molar refractivity (Wildman–Crippen MR) is 404 cm³/mol. The lowest BCUT2D eigenvalue weighted by Crippen LogP contribution is -2.18. The van der Waals surface area contributed by atoms with Gasteiger partial charge in [-0.2, -0.15) is 0 Å². The molecule has 0 bridgehead atoms. The topological polar surface area (TPSA) is 113 Å². The van der Waals surface area contributed by atoms with Crippen LogP contribution in [0.5, 0.6) is 23.0 Å². The second kappa shape index (κ2) is 26.8. The van der Waals surface area contributed by atoms with Crippen LogP contribution in [0.25, 0.3) is 0 Å². The quantitative estimate of drug-likeness (QED) is 0.0571. The van der Waals surface area contributed by atoms with Crippen LogP contribution in [-0.4, -0.2) is 32.1 Å². The number of hydrogen-bond donors (Lipinski definition) is 6. The van der Waals surface area contributed by atoms with Crippen molar-refractivity contribution >= 4 is 11.4 Å². The highest BCUT2D eigenvalue weighted by molar-refractivity contribution is 5.73. The van der Waals surface area contributed by atoms with Gasteiger partial charge in [-0.25, -0.2) is 0 Å². The minimum absolute atomic E-state index is 0.0978. The Balaban J connectivity index is 1.83. The van der Waals surface area contributed by atoms with E-state index in [0.717, 1.165) is 123 Å². The largest absolute Gasteiger partial charge is 0.507 e. The molecule has 6 heteroatoms. The van der Waals surface area contributed by atoms with Gasteiger partial charge in [-0.15, -0.1) is 0 Å². The molecule has 0 aromatic heterocycles. The minimum atomic E-state index is -0.366. The Morgan fingerprint density at radius 2 is 0.617 bits per heavy atom. The van der Waals surface area contributed by atoms with Gasteiger partial charge in [0.25, 0.3) is 0 Å². The molecule has 0 amide bonds. The molecule has 0 fully saturated rings. The molecule has 6 rings (SSSR count). The number of aliphatic hydroxyl groups excluding tert-OH is 1. The van der Waals surface area contributed by atoms with Crippen LogP contribution in [0.2, 0.25) is 0 Å². The molecule has 0 aliphatic rings. The van der Waals surface area contributed by atoms with E-state index in [2.05, 4.69) is 311 Å². The maximum absolute atomic E-state index is 12.2. The minimum Gasteiger partial charge on any atom is -0.507 e. The Morgan fingerprint density at radius 3 is 0.915 bits per heavy atom. The molecule has 6 aromatic carbocycles. The van der Waals surface area contributed by atoms with Gasteiger partial charge in [0.2, 0.25) is 0 Å². The third-order valence-corrected chi connectivity index (χ3v) is 18.8. The second-order valence-electron chi connectivity index (χ2n) is 38.0. The van der Waals surface area contributed by atoms with Crippen LogP contribution in [0.4, 0.5) is 11.4 Å². The van der Waals surface area contributed by atoms with E-state index in [0.29, 0.717) is 55.1 Å². The van der Waals surface area contributed by atoms with Crippen LogP contribution in [-0.2, 0) is 75.4 Å². The Kier molecular flexibility index (Phi) is 21.8. The fraction of sp³-hybridized carbons (Fsp3) is 0.523. The van der Waals surface area contributed by atoms with Crippen LogP contribution in [0, 0.1) is 10.8 Å². The Labute approximate surface area is 571 Å². The number of aliphatic hydroxyl groups is 1. The van der Waals surface area contributed by atoms with Gasteiger partial charge in [-0.1, -0.05) is 299 Å². The Bertz CT molecular complexity index is 3700. The molecule has 512 valence electrons. The van der Waals surface area contributed by atoms with E-state index in [9.17, 15) is 25.5 Å². The van der Waals surface area contributed by atoms with Crippen LogP contribution in [0.15, 0.2) is 114 Å². The summed E-state index contributed by atoms with van der Waals surface area (Å²) in [7, 11) is 0. The predicted octanol–water partition coefficient (Wildman–Crippen LogP) is 23.0. The summed E-state index contributed by atoms with van der Waals surface area (Å²) >= 11 is 0. The number of nitrogens with one attached hydrogen (secondary N) is 1. The van der Waals surface area contributed by atoms with E-state index < -0.39 is 0 Å². The molecular weight excluding hydrogens is 1150 g/mol. The first kappa shape index (κ1) is 76.5. The molecule has 6 aromatic rings. The van der Waals surface area contributed by atoms with E-state index in [1.54, 1.807) is 0 Å². The monoisotopic (exact) mass is 1280 g/mol. The van der Waals surface area contributed by atoms with E-state index in [1.807, 2.05) is 0 Å². The lowest BCUT2D eigenvalue weighted by Gasteiger charge is -2.29. The van der Waals surface area contributed by atoms with E-state index in [1.165, 1.54) is 0 Å². The zero-order valence-electron chi connectivity index (χ0n) is 64.3. The highest BCUT2D eigenvalue weighted by Gasteiger charge is 2.33. The number of hydrogen-bond acceptors (Lipinski definition) is 6. The second-order valence-corrected chi connectivity index (χ2v) is 38.0. The smallest absolute Gasteiger partial charge is 0.123 e. The maximum Gasteiger partial charge on any atom is 0.123 e. The molecule has 0 aliphatic heterocycles. The van der Waals surface area contributed by atoms with E-state index in [4.69, 9.17) is 0 Å². The third-order valence-electron chi connectivity index (χ3n) is 18.8. The van der Waals surface area contributed by atoms with Crippen molar-refractivity contribution in [3.63, 3.8) is 0 Å². The summed E-state index contributed by atoms with van der Waals surface area (Å²) in [5, 5.41) is 63.8. The lowest BCUT2D eigenvalue weighted by atomic mass is 9.77. The van der Waals surface area contributed by atoms with Gasteiger partial charge in [0.05, 0.1) is 6.61 Å². The normalized spacial score (nSPS) is 13.9. The summed E-state index contributed by atoms with van der Waals surface area (Å²) in [5.41, 5.74) is 18.8. The zero-order chi connectivity index (χ0) is 71.6. The van der Waals surface area contributed by atoms with Crippen molar-refractivity contribution in [2.75, 3.05) is 11.9 Å². The average Bonchev–Trinajstić information content (AvgIpc) is 0.827. The number of phenols is 4. The van der Waals surface area contributed by atoms with Gasteiger partial charge in [0, 0.05) is 11.4 Å². The first-order valence-electron chi connectivity index (χ1n) is 34.6. The van der Waals surface area contributed by atoms with Gasteiger partial charge in [0.15, 0.2) is 0 Å². The SMILES string of the molecule is C=C(/C=C(\C=C(/CO)C(C)(C)C)Cc1cc(Cc2cc(C(C)(C)C)c(O)c(C(C)(C)C)c2)cc(Cc2cc(C(C)(C)C)c(O)c(C(C)(C)C)c2)c1Nc1ccc(Cc2cc(C(C)(C)C)c(O)c(C(C)(C)C)c2)cc1Cc1cc(C(C)(C)C)c(O)c(C(C)(C)C)c1)C(C)(C)C. The summed E-state index contributed by atoms with van der Waals surface area (Å²) in [6, 6.07) is 29.3. The van der Waals surface area contributed by atoms with Crippen LogP contribution in [0.3, 0.4) is 0 Å². The molecule has 0 unspecified atom stereocenters. The molecule has 0 aliphatic carbocycles. The molecule has 0 atom stereocenters. The third kappa shape index (κ3) is 18.7. The van der Waals surface area contributed by atoms with Crippen molar-refractivity contribution in [1.29, 1.82) is 0 Å². The van der Waals surface area contributed by atoms with Gasteiger partial charge in [-0.3, -0.25) is 0 Å². The van der Waals surface area contributed by atoms with Crippen LogP contribution >= 0.6 is 0 Å². The number of aromatic hydroxyl groups is 4. The maximum atomic E-state index is 12.2. The van der Waals surface area contributed by atoms with Crippen molar-refractivity contribution in [2.45, 2.75) is 283 Å². The first-order valence-corrected chi connectivity index (χ1v) is 34.6. The highest BCUT2D eigenvalue weighted by Crippen LogP contribution is 2.47. The van der Waals surface area contributed by atoms with Gasteiger partial charge in [0.1, 0.15) is 23.0 Å². The number of phenolic OH excluding ortho intramolecular Hbond substituents is 4. The summed E-state index contributed by atoms with van der Waals surface area (Å²) in [5.74, 6) is 1.41. The Morgan fingerprint density at radius 1 is 0.340 bits per heavy atom. The molecule has 0 saturated carbocycles. The average molecular weight is 1280 g/mol. The molecule has 0 heterocycles. The summed E-state index contributed by atoms with van der Waals surface area (Å²) in [6.07, 6.45) is 7.24. The molecule has 0 radical (unpaired) electrons. The van der Waals surface area contributed by atoms with Crippen molar-refractivity contribution in [3.05, 3.63) is 209 Å². The number of allylic oxidation sites excluding steroid dienone is 4. The van der Waals surface area contributed by atoms with Crippen molar-refractivity contribution < 1.29 is 25.5 Å². The number of anilines is 2. The van der Waals surface area contributed by atoms with Crippen molar-refractivity contribution in [3.8, 4) is 23.0 Å². The summed E-state index contributed by atoms with van der Waals surface area (Å²) in [4.78, 5) is 0. The van der Waals surface area contributed by atoms with Crippen LogP contribution in [0.1, 0.15) is 302 Å². The van der Waals surface area contributed by atoms with Crippen molar-refractivity contribution in [1.82, 2.24) is 0 Å². The van der Waals surface area contributed by atoms with Gasteiger partial charge in [-0.05, 0) is 204 Å². The zero-order valence-corrected chi connectivity index (χ0v) is 64.3. The summed E-state index contributed by atoms with van der Waals surface area (Å²) < 4.78 is 0. The number of rotatable bonds is 15. The van der Waals surface area contributed by atoms with E-state index in [-0.39, 0.29) is 60.8 Å². The molecule has 0 saturated heterocycles. The summed E-state index contributed by atoms with van der Waals surface area (Å²) in [6.45, 7) is 69.8. The molecule has 0 spiro atoms. The molecule has 94 heavy (non-hydrogen) atoms. The first-order chi connectivity index (χ1) is 42.4. The molecule has 6 nitrogen and oxygen atoms in total. The molecule has 6 N–H and O–H groups in total.